The van der Waals surface area contributed by atoms with Gasteiger partial charge in [0.05, 0.1) is 48.0 Å². The number of Topliss-reactive ketones (excluding diaryl/α,β-unsaturated/α-hetero) is 2. The number of esters is 1. The van der Waals surface area contributed by atoms with Crippen molar-refractivity contribution < 1.29 is 52.4 Å². The standard InChI is InChI=1S/C41H58FN5O10/c1-11-30-41(8)33(45-38(52)57-41)26(5)34(50)39(6,42)22-40(7,53-19-12-14-27-15-16-28(21-43-27)47-18-13-17-44-47)35(24(3)31(48)25(4)36(51)55-30)56-37-32(49)29(46(9)10)20-23(2)54-37/h12-18,21,23-26,29-30,32-33,35,37,49H,11,19-20,22H2,1-10H3,(H,45,52)/b14-12+/t23-,24+,25-,26-,29+,30-,32-,33+,35-,37+,39+,40-,41-/m1/s1. The average molecular weight is 800 g/mol. The fourth-order valence-corrected chi connectivity index (χ4v) is 8.61. The van der Waals surface area contributed by atoms with Gasteiger partial charge < -0.3 is 39.0 Å². The number of carbonyl (C=O) groups is 4. The van der Waals surface area contributed by atoms with Crippen LogP contribution in [-0.2, 0) is 38.1 Å². The second-order valence-electron chi connectivity index (χ2n) is 16.5. The minimum atomic E-state index is -2.64. The number of likely N-dealkylation sites (N-methyl/N-ethyl adjacent to an activating group) is 1. The molecule has 3 aliphatic heterocycles. The first kappa shape index (κ1) is 44.0. The van der Waals surface area contributed by atoms with Crippen molar-refractivity contribution >= 4 is 29.7 Å². The van der Waals surface area contributed by atoms with Gasteiger partial charge in [-0.05, 0) is 85.8 Å². The number of ketones is 2. The zero-order chi connectivity index (χ0) is 42.0. The van der Waals surface area contributed by atoms with Crippen molar-refractivity contribution in [1.82, 2.24) is 25.0 Å². The number of cyclic esters (lactones) is 1. The Morgan fingerprint density at radius 3 is 2.44 bits per heavy atom. The molecule has 57 heavy (non-hydrogen) atoms. The SMILES string of the molecule is CC[C@H]1OC(=O)[C@H](C)C(=O)[C@H](C)[C@@H](O[C@@H]2O[C@H](C)C[C@H](N(C)C)[C@H]2O)[C@](C)(OC/C=C/c2ccc(-n3cccn3)cn2)C[C@](C)(F)C(=O)[C@H](C)[C@@H]2NC(=O)O[C@]12C. The van der Waals surface area contributed by atoms with E-state index in [9.17, 15) is 24.3 Å². The number of ether oxygens (including phenoxy) is 5. The number of nitrogens with zero attached hydrogens (tertiary/aromatic N) is 4. The Morgan fingerprint density at radius 2 is 1.82 bits per heavy atom. The van der Waals surface area contributed by atoms with Crippen molar-refractivity contribution in [3.05, 3.63) is 48.6 Å². The van der Waals surface area contributed by atoms with E-state index in [1.54, 1.807) is 54.5 Å². The number of fused-ring (bicyclic) bond motifs is 1. The molecule has 2 aromatic heterocycles. The molecule has 13 atom stereocenters. The van der Waals surface area contributed by atoms with E-state index in [2.05, 4.69) is 15.4 Å². The highest BCUT2D eigenvalue weighted by atomic mass is 19.1. The molecule has 0 aliphatic carbocycles. The van der Waals surface area contributed by atoms with Crippen molar-refractivity contribution in [2.75, 3.05) is 20.7 Å². The lowest BCUT2D eigenvalue weighted by Crippen LogP contribution is -2.62. The van der Waals surface area contributed by atoms with Crippen LogP contribution < -0.4 is 5.32 Å². The summed E-state index contributed by atoms with van der Waals surface area (Å²) in [4.78, 5) is 61.6. The maximum Gasteiger partial charge on any atom is 0.408 e. The number of aromatic nitrogens is 3. The molecule has 2 N–H and O–H groups in total. The fraction of sp³-hybridized carbons (Fsp3) is 0.659. The minimum absolute atomic E-state index is 0.148. The summed E-state index contributed by atoms with van der Waals surface area (Å²) in [5.41, 5.74) is -4.65. The second-order valence-corrected chi connectivity index (χ2v) is 16.5. The maximum absolute atomic E-state index is 17.5. The van der Waals surface area contributed by atoms with E-state index in [4.69, 9.17) is 23.7 Å². The van der Waals surface area contributed by atoms with Gasteiger partial charge in [0.1, 0.15) is 18.1 Å². The monoisotopic (exact) mass is 799 g/mol. The third kappa shape index (κ3) is 9.30. The molecule has 15 nitrogen and oxygen atoms in total. The van der Waals surface area contributed by atoms with Crippen LogP contribution in [0.1, 0.15) is 80.3 Å². The van der Waals surface area contributed by atoms with E-state index in [1.165, 1.54) is 34.6 Å². The number of nitrogens with one attached hydrogen (secondary N) is 1. The van der Waals surface area contributed by atoms with Gasteiger partial charge in [0, 0.05) is 36.7 Å². The van der Waals surface area contributed by atoms with Crippen LogP contribution in [0.4, 0.5) is 9.18 Å². The first-order valence-corrected chi connectivity index (χ1v) is 19.6. The summed E-state index contributed by atoms with van der Waals surface area (Å²) in [7, 11) is 3.63. The maximum atomic E-state index is 17.5. The molecule has 3 fully saturated rings. The van der Waals surface area contributed by atoms with Gasteiger partial charge in [0.15, 0.2) is 29.1 Å². The number of rotatable bonds is 9. The van der Waals surface area contributed by atoms with Crippen LogP contribution in [0.3, 0.4) is 0 Å². The average Bonchev–Trinajstić information content (AvgIpc) is 3.81. The summed E-state index contributed by atoms with van der Waals surface area (Å²) in [5.74, 6) is -6.08. The molecule has 0 unspecified atom stereocenters. The lowest BCUT2D eigenvalue weighted by atomic mass is 9.72. The molecule has 314 valence electrons. The first-order chi connectivity index (χ1) is 26.7. The summed E-state index contributed by atoms with van der Waals surface area (Å²) in [6.07, 6.45) is 2.32. The molecule has 0 aromatic carbocycles. The first-order valence-electron chi connectivity index (χ1n) is 19.6. The normalized spacial score (nSPS) is 38.4. The highest BCUT2D eigenvalue weighted by molar-refractivity contribution is 6.00. The number of alkyl halides is 1. The van der Waals surface area contributed by atoms with Crippen molar-refractivity contribution in [1.29, 1.82) is 0 Å². The minimum Gasteiger partial charge on any atom is -0.458 e. The number of halogens is 1. The number of aliphatic hydroxyl groups excluding tert-OH is 1. The number of pyridine rings is 1. The van der Waals surface area contributed by atoms with Crippen molar-refractivity contribution in [2.24, 2.45) is 17.8 Å². The lowest BCUT2D eigenvalue weighted by Gasteiger charge is -2.48. The van der Waals surface area contributed by atoms with Gasteiger partial charge in [-0.3, -0.25) is 19.4 Å². The third-order valence-electron chi connectivity index (χ3n) is 11.8. The van der Waals surface area contributed by atoms with Crippen LogP contribution in [-0.4, -0.2) is 129 Å². The second kappa shape index (κ2) is 17.4. The molecule has 0 saturated carbocycles. The number of hydrogen-bond acceptors (Lipinski definition) is 13. The van der Waals surface area contributed by atoms with Crippen LogP contribution in [0.2, 0.25) is 0 Å². The Hall–Kier alpha value is -4.09. The van der Waals surface area contributed by atoms with Gasteiger partial charge in [-0.25, -0.2) is 13.9 Å². The molecule has 5 rings (SSSR count). The van der Waals surface area contributed by atoms with Gasteiger partial charge in [0.2, 0.25) is 0 Å². The van der Waals surface area contributed by atoms with E-state index >= 15 is 4.39 Å². The van der Waals surface area contributed by atoms with Crippen molar-refractivity contribution in [3.8, 4) is 5.69 Å². The van der Waals surface area contributed by atoms with E-state index in [1.807, 2.05) is 32.0 Å². The van der Waals surface area contributed by atoms with Crippen LogP contribution in [0, 0.1) is 17.8 Å². The van der Waals surface area contributed by atoms with Gasteiger partial charge in [-0.1, -0.05) is 26.8 Å². The van der Waals surface area contributed by atoms with Gasteiger partial charge in [-0.15, -0.1) is 0 Å². The molecular formula is C41H58FN5O10. The van der Waals surface area contributed by atoms with E-state index in [0.717, 1.165) is 12.6 Å². The largest absolute Gasteiger partial charge is 0.458 e. The van der Waals surface area contributed by atoms with Gasteiger partial charge in [0.25, 0.3) is 0 Å². The topological polar surface area (TPSA) is 181 Å². The van der Waals surface area contributed by atoms with Crippen LogP contribution in [0.15, 0.2) is 42.9 Å². The number of alkyl carbamates (subject to hydrolysis) is 1. The van der Waals surface area contributed by atoms with Crippen molar-refractivity contribution in [2.45, 2.75) is 134 Å². The van der Waals surface area contributed by atoms with Crippen LogP contribution in [0.25, 0.3) is 11.8 Å². The predicted molar refractivity (Wildman–Crippen MR) is 206 cm³/mol. The predicted octanol–water partition coefficient (Wildman–Crippen LogP) is 4.23. The van der Waals surface area contributed by atoms with Crippen LogP contribution >= 0.6 is 0 Å². The molecule has 0 radical (unpaired) electrons. The van der Waals surface area contributed by atoms with E-state index in [-0.39, 0.29) is 19.1 Å². The summed E-state index contributed by atoms with van der Waals surface area (Å²) in [5, 5.41) is 18.4. The molecule has 0 spiro atoms. The Morgan fingerprint density at radius 1 is 1.11 bits per heavy atom. The van der Waals surface area contributed by atoms with Crippen molar-refractivity contribution in [3.63, 3.8) is 0 Å². The molecule has 3 aliphatic rings. The van der Waals surface area contributed by atoms with Gasteiger partial charge in [-0.2, -0.15) is 5.10 Å². The molecular weight excluding hydrogens is 741 g/mol. The number of hydrogen-bond donors (Lipinski definition) is 2. The zero-order valence-electron chi connectivity index (χ0n) is 34.5. The smallest absolute Gasteiger partial charge is 0.408 e. The van der Waals surface area contributed by atoms with E-state index < -0.39 is 101 Å². The summed E-state index contributed by atoms with van der Waals surface area (Å²) in [6, 6.07) is 3.94. The zero-order valence-corrected chi connectivity index (χ0v) is 34.5. The molecule has 3 saturated heterocycles. The van der Waals surface area contributed by atoms with Gasteiger partial charge >= 0.3 is 12.1 Å². The molecule has 1 amide bonds. The Labute approximate surface area is 333 Å². The number of carbonyl (C=O) groups excluding carboxylic acids is 4. The number of aliphatic hydroxyl groups is 1. The molecule has 5 heterocycles. The third-order valence-corrected chi connectivity index (χ3v) is 11.8. The Balaban J connectivity index is 1.56. The molecule has 0 bridgehead atoms. The summed E-state index contributed by atoms with van der Waals surface area (Å²) in [6.45, 7) is 12.0. The Bertz CT molecular complexity index is 1770. The lowest BCUT2D eigenvalue weighted by molar-refractivity contribution is -0.297. The van der Waals surface area contributed by atoms with E-state index in [0.29, 0.717) is 12.1 Å². The summed E-state index contributed by atoms with van der Waals surface area (Å²) < 4.78 is 49.9. The molecule has 16 heteroatoms. The highest BCUT2D eigenvalue weighted by Gasteiger charge is 2.59. The van der Waals surface area contributed by atoms with Crippen LogP contribution in [0.5, 0.6) is 0 Å². The summed E-state index contributed by atoms with van der Waals surface area (Å²) >= 11 is 0. The Kier molecular flexibility index (Phi) is 13.4. The quantitative estimate of drug-likeness (QED) is 0.272. The number of amides is 1. The highest BCUT2D eigenvalue weighted by Crippen LogP contribution is 2.42. The fourth-order valence-electron chi connectivity index (χ4n) is 8.61. The molecule has 2 aromatic rings.